The molecule has 0 bridgehead atoms. The number of methoxy groups -OCH3 is 1. The van der Waals surface area contributed by atoms with Crippen LogP contribution >= 0.6 is 0 Å². The number of halogens is 2. The lowest BCUT2D eigenvalue weighted by Gasteiger charge is -2.09. The van der Waals surface area contributed by atoms with Crippen molar-refractivity contribution in [1.82, 2.24) is 9.97 Å². The molecule has 7 heteroatoms. The van der Waals surface area contributed by atoms with E-state index in [0.29, 0.717) is 12.4 Å². The molecule has 0 spiro atoms. The summed E-state index contributed by atoms with van der Waals surface area (Å²) >= 11 is 0. The summed E-state index contributed by atoms with van der Waals surface area (Å²) in [6, 6.07) is 12.6. The van der Waals surface area contributed by atoms with Crippen molar-refractivity contribution in [3.8, 4) is 5.75 Å². The molecule has 3 aromatic rings. The third kappa shape index (κ3) is 4.41. The van der Waals surface area contributed by atoms with Crippen molar-refractivity contribution in [2.75, 3.05) is 17.7 Å². The molecule has 0 atom stereocenters. The maximum atomic E-state index is 13.7. The van der Waals surface area contributed by atoms with Crippen molar-refractivity contribution >= 4 is 17.5 Å². The quantitative estimate of drug-likeness (QED) is 0.706. The van der Waals surface area contributed by atoms with E-state index in [2.05, 4.69) is 20.6 Å². The maximum absolute atomic E-state index is 13.7. The molecule has 128 valence electrons. The Morgan fingerprint density at radius 1 is 1.04 bits per heavy atom. The molecule has 0 saturated carbocycles. The number of rotatable bonds is 6. The molecule has 0 aliphatic rings. The number of hydrogen-bond acceptors (Lipinski definition) is 5. The van der Waals surface area contributed by atoms with Crippen LogP contribution in [-0.2, 0) is 6.54 Å². The summed E-state index contributed by atoms with van der Waals surface area (Å²) in [5.41, 5.74) is 1.16. The smallest absolute Gasteiger partial charge is 0.229 e. The summed E-state index contributed by atoms with van der Waals surface area (Å²) in [5, 5.41) is 5.90. The van der Waals surface area contributed by atoms with Crippen LogP contribution in [0.4, 0.5) is 26.2 Å². The third-order valence-corrected chi connectivity index (χ3v) is 3.47. The van der Waals surface area contributed by atoms with Crippen molar-refractivity contribution in [2.24, 2.45) is 0 Å². The van der Waals surface area contributed by atoms with Crippen molar-refractivity contribution in [3.63, 3.8) is 0 Å². The van der Waals surface area contributed by atoms with Crippen LogP contribution < -0.4 is 15.4 Å². The van der Waals surface area contributed by atoms with E-state index in [1.54, 1.807) is 19.4 Å². The van der Waals surface area contributed by atoms with Gasteiger partial charge in [0.15, 0.2) is 0 Å². The third-order valence-electron chi connectivity index (χ3n) is 3.47. The van der Waals surface area contributed by atoms with Crippen molar-refractivity contribution in [3.05, 3.63) is 71.9 Å². The van der Waals surface area contributed by atoms with Crippen LogP contribution in [0.1, 0.15) is 5.56 Å². The van der Waals surface area contributed by atoms with Crippen molar-refractivity contribution in [2.45, 2.75) is 6.54 Å². The Kier molecular flexibility index (Phi) is 5.03. The molecule has 3 rings (SSSR count). The normalized spacial score (nSPS) is 10.4. The van der Waals surface area contributed by atoms with Gasteiger partial charge in [-0.25, -0.2) is 13.8 Å². The summed E-state index contributed by atoms with van der Waals surface area (Å²) in [7, 11) is 1.62. The fourth-order valence-corrected chi connectivity index (χ4v) is 2.16. The molecule has 0 amide bonds. The van der Waals surface area contributed by atoms with Gasteiger partial charge in [0.2, 0.25) is 5.95 Å². The monoisotopic (exact) mass is 342 g/mol. The lowest BCUT2D eigenvalue weighted by atomic mass is 10.2. The van der Waals surface area contributed by atoms with Crippen LogP contribution in [0.3, 0.4) is 0 Å². The molecule has 0 aliphatic heterocycles. The number of anilines is 3. The zero-order chi connectivity index (χ0) is 17.6. The van der Waals surface area contributed by atoms with Gasteiger partial charge in [-0.2, -0.15) is 4.98 Å². The minimum absolute atomic E-state index is 0.105. The minimum Gasteiger partial charge on any atom is -0.497 e. The predicted octanol–water partition coefficient (Wildman–Crippen LogP) is 4.12. The molecule has 0 saturated heterocycles. The Balaban J connectivity index is 1.66. The van der Waals surface area contributed by atoms with Crippen LogP contribution in [0.2, 0.25) is 0 Å². The van der Waals surface area contributed by atoms with Gasteiger partial charge in [-0.1, -0.05) is 12.1 Å². The van der Waals surface area contributed by atoms with Gasteiger partial charge in [-0.05, 0) is 35.9 Å². The number of benzene rings is 2. The standard InChI is InChI=1S/C18H16F2N4O/c1-25-14-5-2-12(3-6-14)11-22-17-8-9-21-18(24-17)23-16-7-4-13(19)10-15(16)20/h2-10H,11H2,1H3,(H2,21,22,23,24). The average Bonchev–Trinajstić information content (AvgIpc) is 2.63. The topological polar surface area (TPSA) is 59.1 Å². The molecule has 5 nitrogen and oxygen atoms in total. The molecule has 25 heavy (non-hydrogen) atoms. The molecule has 0 unspecified atom stereocenters. The minimum atomic E-state index is -0.708. The van der Waals surface area contributed by atoms with Gasteiger partial charge in [0.25, 0.3) is 0 Å². The number of nitrogens with one attached hydrogen (secondary N) is 2. The summed E-state index contributed by atoms with van der Waals surface area (Å²) < 4.78 is 31.7. The zero-order valence-electron chi connectivity index (χ0n) is 13.5. The second kappa shape index (κ2) is 7.57. The van der Waals surface area contributed by atoms with E-state index in [-0.39, 0.29) is 11.6 Å². The highest BCUT2D eigenvalue weighted by molar-refractivity contribution is 5.55. The first-order valence-corrected chi connectivity index (χ1v) is 7.56. The highest BCUT2D eigenvalue weighted by Gasteiger charge is 2.06. The molecule has 2 N–H and O–H groups in total. The summed E-state index contributed by atoms with van der Waals surface area (Å²) in [5.74, 6) is 0.235. The Bertz CT molecular complexity index is 856. The largest absolute Gasteiger partial charge is 0.497 e. The molecule has 0 aliphatic carbocycles. The van der Waals surface area contributed by atoms with E-state index in [1.807, 2.05) is 24.3 Å². The molecule has 0 radical (unpaired) electrons. The molecular weight excluding hydrogens is 326 g/mol. The first kappa shape index (κ1) is 16.6. The average molecular weight is 342 g/mol. The summed E-state index contributed by atoms with van der Waals surface area (Å²) in [6.45, 7) is 0.561. The van der Waals surface area contributed by atoms with Gasteiger partial charge in [0.1, 0.15) is 23.2 Å². The SMILES string of the molecule is COc1ccc(CNc2ccnc(Nc3ccc(F)cc3F)n2)cc1. The van der Waals surface area contributed by atoms with Gasteiger partial charge in [0.05, 0.1) is 12.8 Å². The first-order chi connectivity index (χ1) is 12.1. The predicted molar refractivity (Wildman–Crippen MR) is 92.0 cm³/mol. The van der Waals surface area contributed by atoms with E-state index in [1.165, 1.54) is 6.07 Å². The number of hydrogen-bond donors (Lipinski definition) is 2. The van der Waals surface area contributed by atoms with E-state index in [9.17, 15) is 8.78 Å². The Morgan fingerprint density at radius 2 is 1.84 bits per heavy atom. The second-order valence-corrected chi connectivity index (χ2v) is 5.22. The van der Waals surface area contributed by atoms with Crippen molar-refractivity contribution in [1.29, 1.82) is 0 Å². The fraction of sp³-hybridized carbons (Fsp3) is 0.111. The first-order valence-electron chi connectivity index (χ1n) is 7.56. The van der Waals surface area contributed by atoms with Crippen LogP contribution in [0.25, 0.3) is 0 Å². The number of nitrogens with zero attached hydrogens (tertiary/aromatic N) is 2. The van der Waals surface area contributed by atoms with E-state index in [0.717, 1.165) is 23.4 Å². The summed E-state index contributed by atoms with van der Waals surface area (Å²) in [6.07, 6.45) is 1.55. The lowest BCUT2D eigenvalue weighted by Crippen LogP contribution is -2.05. The van der Waals surface area contributed by atoms with Gasteiger partial charge < -0.3 is 15.4 Å². The van der Waals surface area contributed by atoms with Crippen LogP contribution in [0, 0.1) is 11.6 Å². The van der Waals surface area contributed by atoms with Crippen LogP contribution in [0.5, 0.6) is 5.75 Å². The number of ether oxygens (including phenoxy) is 1. The van der Waals surface area contributed by atoms with Gasteiger partial charge in [0, 0.05) is 18.8 Å². The molecule has 1 heterocycles. The molecule has 0 fully saturated rings. The highest BCUT2D eigenvalue weighted by Crippen LogP contribution is 2.19. The molecule has 1 aromatic heterocycles. The maximum Gasteiger partial charge on any atom is 0.229 e. The van der Waals surface area contributed by atoms with Gasteiger partial charge in [-0.3, -0.25) is 0 Å². The Hall–Kier alpha value is -3.22. The Morgan fingerprint density at radius 3 is 2.56 bits per heavy atom. The van der Waals surface area contributed by atoms with E-state index < -0.39 is 11.6 Å². The van der Waals surface area contributed by atoms with Crippen LogP contribution in [-0.4, -0.2) is 17.1 Å². The van der Waals surface area contributed by atoms with Crippen LogP contribution in [0.15, 0.2) is 54.7 Å². The second-order valence-electron chi connectivity index (χ2n) is 5.22. The van der Waals surface area contributed by atoms with E-state index in [4.69, 9.17) is 4.74 Å². The van der Waals surface area contributed by atoms with Crippen molar-refractivity contribution < 1.29 is 13.5 Å². The molecular formula is C18H16F2N4O. The lowest BCUT2D eigenvalue weighted by molar-refractivity contribution is 0.414. The highest BCUT2D eigenvalue weighted by atomic mass is 19.1. The molecule has 2 aromatic carbocycles. The Labute approximate surface area is 143 Å². The summed E-state index contributed by atoms with van der Waals surface area (Å²) in [4.78, 5) is 8.30. The van der Waals surface area contributed by atoms with E-state index >= 15 is 0 Å². The number of aromatic nitrogens is 2. The van der Waals surface area contributed by atoms with Gasteiger partial charge in [-0.15, -0.1) is 0 Å². The fourth-order valence-electron chi connectivity index (χ4n) is 2.16. The van der Waals surface area contributed by atoms with Gasteiger partial charge >= 0.3 is 0 Å². The zero-order valence-corrected chi connectivity index (χ0v) is 13.5.